The number of rotatable bonds is 6. The van der Waals surface area contributed by atoms with Crippen LogP contribution in [0.15, 0.2) is 16.3 Å². The van der Waals surface area contributed by atoms with E-state index >= 15 is 0 Å². The van der Waals surface area contributed by atoms with E-state index in [9.17, 15) is 8.42 Å². The van der Waals surface area contributed by atoms with Gasteiger partial charge in [-0.05, 0) is 18.9 Å². The van der Waals surface area contributed by atoms with Crippen LogP contribution in [0.3, 0.4) is 0 Å². The second kappa shape index (κ2) is 5.03. The van der Waals surface area contributed by atoms with E-state index in [4.69, 9.17) is 0 Å². The summed E-state index contributed by atoms with van der Waals surface area (Å²) < 4.78 is 23.7. The summed E-state index contributed by atoms with van der Waals surface area (Å²) in [6.07, 6.45) is 2.47. The van der Waals surface area contributed by atoms with Gasteiger partial charge in [0.1, 0.15) is 0 Å². The van der Waals surface area contributed by atoms with Crippen molar-refractivity contribution < 1.29 is 8.42 Å². The summed E-state index contributed by atoms with van der Waals surface area (Å²) >= 11 is 1.47. The molecule has 5 nitrogen and oxygen atoms in total. The second-order valence-electron chi connectivity index (χ2n) is 4.39. The molecule has 0 atom stereocenters. The number of thiophene rings is 1. The van der Waals surface area contributed by atoms with E-state index < -0.39 is 10.0 Å². The first-order valence-corrected chi connectivity index (χ1v) is 7.84. The normalized spacial score (nSPS) is 16.6. The summed E-state index contributed by atoms with van der Waals surface area (Å²) in [5.41, 5.74) is 0. The van der Waals surface area contributed by atoms with Crippen LogP contribution in [0.2, 0.25) is 0 Å². The topological polar surface area (TPSA) is 61.4 Å². The average molecular weight is 275 g/mol. The van der Waals surface area contributed by atoms with Gasteiger partial charge in [0.2, 0.25) is 0 Å². The summed E-state index contributed by atoms with van der Waals surface area (Å²) in [6, 6.07) is 2.36. The van der Waals surface area contributed by atoms with Gasteiger partial charge < -0.3 is 5.32 Å². The van der Waals surface area contributed by atoms with E-state index in [0.717, 1.165) is 11.4 Å². The van der Waals surface area contributed by atoms with Crippen LogP contribution in [-0.4, -0.2) is 33.6 Å². The molecule has 0 aliphatic heterocycles. The fourth-order valence-corrected chi connectivity index (χ4v) is 3.73. The molecule has 2 rings (SSSR count). The molecule has 17 heavy (non-hydrogen) atoms. The highest BCUT2D eigenvalue weighted by molar-refractivity contribution is 7.89. The largest absolute Gasteiger partial charge is 0.309 e. The first kappa shape index (κ1) is 13.0. The van der Waals surface area contributed by atoms with Crippen molar-refractivity contribution in [3.8, 4) is 0 Å². The smallest absolute Gasteiger partial charge is 0.254 e. The van der Waals surface area contributed by atoms with Crippen molar-refractivity contribution in [2.75, 3.05) is 14.1 Å². The quantitative estimate of drug-likeness (QED) is 0.752. The van der Waals surface area contributed by atoms with Gasteiger partial charge in [-0.2, -0.15) is 0 Å². The average Bonchev–Trinajstić information content (AvgIpc) is 2.90. The highest BCUT2D eigenvalue weighted by Gasteiger charge is 2.21. The highest BCUT2D eigenvalue weighted by atomic mass is 32.2. The molecule has 0 saturated heterocycles. The minimum Gasteiger partial charge on any atom is -0.309 e. The van der Waals surface area contributed by atoms with Crippen molar-refractivity contribution in [1.82, 2.24) is 15.2 Å². The van der Waals surface area contributed by atoms with Crippen LogP contribution in [0.4, 0.5) is 0 Å². The molecule has 1 heterocycles. The molecule has 96 valence electrons. The maximum atomic E-state index is 11.8. The number of hydrogen-bond donors (Lipinski definition) is 2. The van der Waals surface area contributed by atoms with Crippen LogP contribution in [0.5, 0.6) is 0 Å². The van der Waals surface area contributed by atoms with E-state index in [2.05, 4.69) is 10.1 Å². The van der Waals surface area contributed by atoms with Crippen LogP contribution in [0.25, 0.3) is 0 Å². The van der Waals surface area contributed by atoms with Crippen molar-refractivity contribution in [2.45, 2.75) is 30.3 Å². The Morgan fingerprint density at radius 2 is 2.18 bits per heavy atom. The highest BCUT2D eigenvalue weighted by Crippen LogP contribution is 2.22. The molecule has 0 radical (unpaired) electrons. The second-order valence-corrected chi connectivity index (χ2v) is 7.05. The van der Waals surface area contributed by atoms with E-state index in [1.165, 1.54) is 29.2 Å². The molecule has 1 fully saturated rings. The molecular weight excluding hydrogens is 258 g/mol. The van der Waals surface area contributed by atoms with Gasteiger partial charge in [0.25, 0.3) is 10.0 Å². The molecular formula is C10H17N3O2S2. The molecule has 2 N–H and O–H groups in total. The molecule has 0 bridgehead atoms. The van der Waals surface area contributed by atoms with E-state index in [-0.39, 0.29) is 0 Å². The predicted molar refractivity (Wildman–Crippen MR) is 68.2 cm³/mol. The van der Waals surface area contributed by atoms with Gasteiger partial charge >= 0.3 is 0 Å². The molecule has 0 aromatic carbocycles. The maximum absolute atomic E-state index is 11.8. The van der Waals surface area contributed by atoms with Crippen LogP contribution >= 0.6 is 11.3 Å². The third kappa shape index (κ3) is 3.75. The van der Waals surface area contributed by atoms with Gasteiger partial charge in [-0.1, -0.05) is 0 Å². The zero-order chi connectivity index (χ0) is 12.5. The number of nitrogens with zero attached hydrogens (tertiary/aromatic N) is 1. The zero-order valence-electron chi connectivity index (χ0n) is 9.93. The Hall–Kier alpha value is -0.470. The molecule has 1 aromatic heterocycles. The molecule has 0 amide bonds. The SMILES string of the molecule is CN(C)NS(=O)(=O)c1csc(CNC2CC2)c1. The Labute approximate surface area is 106 Å². The summed E-state index contributed by atoms with van der Waals surface area (Å²) in [5, 5.41) is 6.47. The Balaban J connectivity index is 2.00. The first-order valence-electron chi connectivity index (χ1n) is 5.48. The van der Waals surface area contributed by atoms with Crippen LogP contribution < -0.4 is 10.1 Å². The van der Waals surface area contributed by atoms with Crippen LogP contribution in [0, 0.1) is 0 Å². The molecule has 1 saturated carbocycles. The standard InChI is InChI=1S/C10H17N3O2S2/c1-13(2)12-17(14,15)10-5-9(16-7-10)6-11-8-3-4-8/h5,7-8,11-12H,3-4,6H2,1-2H3. The molecule has 1 aliphatic rings. The van der Waals surface area contributed by atoms with Gasteiger partial charge in [0, 0.05) is 36.9 Å². The number of sulfonamides is 1. The maximum Gasteiger partial charge on any atom is 0.254 e. The van der Waals surface area contributed by atoms with Crippen molar-refractivity contribution >= 4 is 21.4 Å². The summed E-state index contributed by atoms with van der Waals surface area (Å²) in [7, 11) is -0.0986. The lowest BCUT2D eigenvalue weighted by Gasteiger charge is -2.10. The van der Waals surface area contributed by atoms with E-state index in [1.54, 1.807) is 25.5 Å². The number of nitrogens with one attached hydrogen (secondary N) is 2. The lowest BCUT2D eigenvalue weighted by molar-refractivity contribution is 0.364. The van der Waals surface area contributed by atoms with E-state index in [0.29, 0.717) is 10.9 Å². The third-order valence-corrected chi connectivity index (χ3v) is 4.93. The fourth-order valence-electron chi connectivity index (χ4n) is 1.42. The van der Waals surface area contributed by atoms with Gasteiger partial charge in [-0.25, -0.2) is 13.4 Å². The number of hydrazine groups is 1. The lowest BCUT2D eigenvalue weighted by Crippen LogP contribution is -2.35. The van der Waals surface area contributed by atoms with Crippen molar-refractivity contribution in [1.29, 1.82) is 0 Å². The Morgan fingerprint density at radius 3 is 2.76 bits per heavy atom. The third-order valence-electron chi connectivity index (χ3n) is 2.39. The van der Waals surface area contributed by atoms with Crippen LogP contribution in [0.1, 0.15) is 17.7 Å². The zero-order valence-corrected chi connectivity index (χ0v) is 11.6. The summed E-state index contributed by atoms with van der Waals surface area (Å²) in [5.74, 6) is 0. The van der Waals surface area contributed by atoms with Gasteiger partial charge in [-0.3, -0.25) is 0 Å². The lowest BCUT2D eigenvalue weighted by atomic mass is 10.4. The minimum atomic E-state index is -3.40. The van der Waals surface area contributed by atoms with Crippen LogP contribution in [-0.2, 0) is 16.6 Å². The van der Waals surface area contributed by atoms with E-state index in [1.807, 2.05) is 0 Å². The van der Waals surface area contributed by atoms with Crippen molar-refractivity contribution in [3.05, 3.63) is 16.3 Å². The Morgan fingerprint density at radius 1 is 1.47 bits per heavy atom. The first-order chi connectivity index (χ1) is 7.97. The summed E-state index contributed by atoms with van der Waals surface area (Å²) in [4.78, 5) is 3.81. The van der Waals surface area contributed by atoms with Gasteiger partial charge in [0.05, 0.1) is 4.90 Å². The van der Waals surface area contributed by atoms with Gasteiger partial charge in [-0.15, -0.1) is 16.2 Å². The molecule has 1 aliphatic carbocycles. The predicted octanol–water partition coefficient (Wildman–Crippen LogP) is 0.755. The van der Waals surface area contributed by atoms with Crippen molar-refractivity contribution in [3.63, 3.8) is 0 Å². The molecule has 1 aromatic rings. The number of hydrogen-bond acceptors (Lipinski definition) is 5. The molecule has 7 heteroatoms. The molecule has 0 spiro atoms. The van der Waals surface area contributed by atoms with Gasteiger partial charge in [0.15, 0.2) is 0 Å². The fraction of sp³-hybridized carbons (Fsp3) is 0.600. The monoisotopic (exact) mass is 275 g/mol. The Kier molecular flexibility index (Phi) is 3.84. The van der Waals surface area contributed by atoms with Crippen molar-refractivity contribution in [2.24, 2.45) is 0 Å². The molecule has 0 unspecified atom stereocenters. The Bertz CT molecular complexity index is 477. The minimum absolute atomic E-state index is 0.337. The summed E-state index contributed by atoms with van der Waals surface area (Å²) in [6.45, 7) is 0.757.